The average Bonchev–Trinajstić information content (AvgIpc) is 2.94. The van der Waals surface area contributed by atoms with E-state index in [0.717, 1.165) is 53.1 Å². The van der Waals surface area contributed by atoms with Crippen molar-refractivity contribution >= 4 is 50.7 Å². The van der Waals surface area contributed by atoms with Gasteiger partial charge < -0.3 is 10.2 Å². The van der Waals surface area contributed by atoms with Gasteiger partial charge in [0, 0.05) is 22.6 Å². The molecule has 1 aliphatic carbocycles. The Hall–Kier alpha value is -3.07. The van der Waals surface area contributed by atoms with Crippen molar-refractivity contribution < 1.29 is 18.0 Å². The summed E-state index contributed by atoms with van der Waals surface area (Å²) >= 11 is 12.5. The first-order chi connectivity index (χ1) is 19.9. The second-order valence-electron chi connectivity index (χ2n) is 11.0. The van der Waals surface area contributed by atoms with E-state index < -0.39 is 28.5 Å². The molecule has 0 heterocycles. The fraction of sp³-hybridized carbons (Fsp3) is 0.375. The number of halogens is 2. The molecule has 0 aromatic heterocycles. The number of sulfonamides is 1. The lowest BCUT2D eigenvalue weighted by atomic mass is 9.95. The van der Waals surface area contributed by atoms with Crippen LogP contribution in [-0.4, -0.2) is 43.8 Å². The van der Waals surface area contributed by atoms with Gasteiger partial charge in [-0.15, -0.1) is 0 Å². The summed E-state index contributed by atoms with van der Waals surface area (Å²) in [4.78, 5) is 29.0. The van der Waals surface area contributed by atoms with E-state index in [1.807, 2.05) is 38.1 Å². The van der Waals surface area contributed by atoms with Crippen LogP contribution in [0.2, 0.25) is 10.0 Å². The highest BCUT2D eigenvalue weighted by Gasteiger charge is 2.33. The fourth-order valence-corrected chi connectivity index (χ4v) is 7.12. The minimum atomic E-state index is -4.21. The predicted molar refractivity (Wildman–Crippen MR) is 168 cm³/mol. The molecule has 7 nitrogen and oxygen atoms in total. The van der Waals surface area contributed by atoms with Crippen molar-refractivity contribution in [1.82, 2.24) is 10.2 Å². The van der Waals surface area contributed by atoms with Crippen molar-refractivity contribution in [2.45, 2.75) is 76.4 Å². The molecule has 10 heteroatoms. The van der Waals surface area contributed by atoms with E-state index in [1.165, 1.54) is 35.2 Å². The smallest absolute Gasteiger partial charge is 0.264 e. The van der Waals surface area contributed by atoms with Crippen LogP contribution in [-0.2, 0) is 26.2 Å². The molecule has 0 spiro atoms. The van der Waals surface area contributed by atoms with Crippen LogP contribution in [0.1, 0.15) is 55.7 Å². The Morgan fingerprint density at radius 1 is 0.905 bits per heavy atom. The highest BCUT2D eigenvalue weighted by atomic mass is 35.5. The molecule has 0 radical (unpaired) electrons. The van der Waals surface area contributed by atoms with Gasteiger partial charge in [0.1, 0.15) is 12.6 Å². The van der Waals surface area contributed by atoms with Gasteiger partial charge >= 0.3 is 0 Å². The number of amides is 2. The van der Waals surface area contributed by atoms with Gasteiger partial charge in [0.25, 0.3) is 10.0 Å². The Morgan fingerprint density at radius 2 is 1.55 bits per heavy atom. The summed E-state index contributed by atoms with van der Waals surface area (Å²) in [6, 6.07) is 17.7. The third-order valence-electron chi connectivity index (χ3n) is 7.58. The molecule has 0 bridgehead atoms. The van der Waals surface area contributed by atoms with Crippen LogP contribution in [0.4, 0.5) is 5.69 Å². The first-order valence-electron chi connectivity index (χ1n) is 14.1. The molecular formula is C32H37Cl2N3O4S. The molecule has 3 aromatic rings. The predicted octanol–water partition coefficient (Wildman–Crippen LogP) is 6.67. The number of rotatable bonds is 10. The molecule has 3 aromatic carbocycles. The van der Waals surface area contributed by atoms with Gasteiger partial charge in [-0.2, -0.15) is 0 Å². The Morgan fingerprint density at radius 3 is 2.17 bits per heavy atom. The third kappa shape index (κ3) is 8.06. The molecule has 1 aliphatic rings. The van der Waals surface area contributed by atoms with Crippen molar-refractivity contribution in [2.75, 3.05) is 10.8 Å². The lowest BCUT2D eigenvalue weighted by Gasteiger charge is -2.33. The number of aryl methyl sites for hydroxylation is 2. The topological polar surface area (TPSA) is 86.8 Å². The molecule has 42 heavy (non-hydrogen) atoms. The monoisotopic (exact) mass is 629 g/mol. The van der Waals surface area contributed by atoms with Gasteiger partial charge in [0.2, 0.25) is 11.8 Å². The Kier molecular flexibility index (Phi) is 10.6. The molecule has 1 fully saturated rings. The maximum atomic E-state index is 14.1. The van der Waals surface area contributed by atoms with Gasteiger partial charge in [-0.1, -0.05) is 90.0 Å². The number of hydrogen-bond donors (Lipinski definition) is 1. The lowest BCUT2D eigenvalue weighted by Crippen LogP contribution is -2.53. The van der Waals surface area contributed by atoms with Crippen LogP contribution in [0, 0.1) is 13.8 Å². The number of carbonyl (C=O) groups is 2. The van der Waals surface area contributed by atoms with E-state index in [9.17, 15) is 18.0 Å². The number of nitrogens with one attached hydrogen (secondary N) is 1. The molecule has 1 N–H and O–H groups in total. The van der Waals surface area contributed by atoms with Crippen LogP contribution in [0.3, 0.4) is 0 Å². The number of nitrogens with zero attached hydrogens (tertiary/aromatic N) is 2. The number of carbonyl (C=O) groups excluding carboxylic acids is 2. The van der Waals surface area contributed by atoms with Crippen molar-refractivity contribution in [3.05, 3.63) is 93.5 Å². The minimum absolute atomic E-state index is 0.0188. The van der Waals surface area contributed by atoms with Gasteiger partial charge in [0.05, 0.1) is 10.6 Å². The fourth-order valence-electron chi connectivity index (χ4n) is 5.21. The summed E-state index contributed by atoms with van der Waals surface area (Å²) in [7, 11) is -4.21. The second kappa shape index (κ2) is 13.9. The molecule has 0 unspecified atom stereocenters. The Labute approximate surface area is 258 Å². The maximum Gasteiger partial charge on any atom is 0.264 e. The molecule has 1 saturated carbocycles. The zero-order chi connectivity index (χ0) is 30.4. The van der Waals surface area contributed by atoms with Crippen LogP contribution in [0.15, 0.2) is 71.6 Å². The van der Waals surface area contributed by atoms with Crippen LogP contribution >= 0.6 is 23.2 Å². The highest BCUT2D eigenvalue weighted by molar-refractivity contribution is 7.92. The molecule has 4 rings (SSSR count). The summed E-state index contributed by atoms with van der Waals surface area (Å²) in [5.74, 6) is -0.795. The molecular weight excluding hydrogens is 593 g/mol. The van der Waals surface area contributed by atoms with E-state index in [0.29, 0.717) is 0 Å². The zero-order valence-corrected chi connectivity index (χ0v) is 26.5. The van der Waals surface area contributed by atoms with Crippen molar-refractivity contribution in [3.8, 4) is 0 Å². The van der Waals surface area contributed by atoms with E-state index in [1.54, 1.807) is 19.1 Å². The standard InChI is InChI=1S/C32H37Cl2N3O4S/c1-22-12-14-30(15-13-22)42(40,41)37(29-18-26(33)17-27(34)19-29)21-31(38)36(20-25-9-7-8-23(2)16-25)24(3)32(39)35-28-10-5-4-6-11-28/h7-9,12-19,24,28H,4-6,10-11,20-21H2,1-3H3,(H,35,39)/t24-/m1/s1. The third-order valence-corrected chi connectivity index (χ3v) is 9.80. The summed E-state index contributed by atoms with van der Waals surface area (Å²) < 4.78 is 29.0. The van der Waals surface area contributed by atoms with E-state index in [-0.39, 0.29) is 39.1 Å². The van der Waals surface area contributed by atoms with Gasteiger partial charge in [-0.05, 0) is 69.5 Å². The average molecular weight is 631 g/mol. The van der Waals surface area contributed by atoms with Crippen LogP contribution < -0.4 is 9.62 Å². The zero-order valence-electron chi connectivity index (χ0n) is 24.1. The van der Waals surface area contributed by atoms with E-state index in [2.05, 4.69) is 5.32 Å². The highest BCUT2D eigenvalue weighted by Crippen LogP contribution is 2.30. The normalized spacial score (nSPS) is 14.7. The maximum absolute atomic E-state index is 14.1. The van der Waals surface area contributed by atoms with Crippen LogP contribution in [0.5, 0.6) is 0 Å². The van der Waals surface area contributed by atoms with E-state index >= 15 is 0 Å². The molecule has 0 aliphatic heterocycles. The number of benzene rings is 3. The quantitative estimate of drug-likeness (QED) is 0.271. The molecule has 1 atom stereocenters. The Bertz CT molecular complexity index is 1500. The van der Waals surface area contributed by atoms with Crippen molar-refractivity contribution in [2.24, 2.45) is 0 Å². The van der Waals surface area contributed by atoms with Crippen molar-refractivity contribution in [3.63, 3.8) is 0 Å². The molecule has 2 amide bonds. The summed E-state index contributed by atoms with van der Waals surface area (Å²) in [5.41, 5.74) is 2.89. The molecule has 224 valence electrons. The number of anilines is 1. The van der Waals surface area contributed by atoms with Gasteiger partial charge in [-0.3, -0.25) is 13.9 Å². The first-order valence-corrected chi connectivity index (χ1v) is 16.3. The minimum Gasteiger partial charge on any atom is -0.352 e. The van der Waals surface area contributed by atoms with Gasteiger partial charge in [0.15, 0.2) is 0 Å². The van der Waals surface area contributed by atoms with Gasteiger partial charge in [-0.25, -0.2) is 8.42 Å². The summed E-state index contributed by atoms with van der Waals surface area (Å²) in [6.45, 7) is 5.07. The number of hydrogen-bond acceptors (Lipinski definition) is 4. The van der Waals surface area contributed by atoms with Crippen LogP contribution in [0.25, 0.3) is 0 Å². The first kappa shape index (κ1) is 31.9. The SMILES string of the molecule is Cc1ccc(S(=O)(=O)N(CC(=O)N(Cc2cccc(C)c2)[C@H](C)C(=O)NC2CCCCC2)c2cc(Cl)cc(Cl)c2)cc1. The lowest BCUT2D eigenvalue weighted by molar-refractivity contribution is -0.139. The summed E-state index contributed by atoms with van der Waals surface area (Å²) in [5, 5.41) is 3.57. The van der Waals surface area contributed by atoms with E-state index in [4.69, 9.17) is 23.2 Å². The summed E-state index contributed by atoms with van der Waals surface area (Å²) in [6.07, 6.45) is 5.07. The largest absolute Gasteiger partial charge is 0.352 e. The Balaban J connectivity index is 1.70. The second-order valence-corrected chi connectivity index (χ2v) is 13.7. The van der Waals surface area contributed by atoms with Crippen molar-refractivity contribution in [1.29, 1.82) is 0 Å². The molecule has 0 saturated heterocycles.